The summed E-state index contributed by atoms with van der Waals surface area (Å²) in [7, 11) is 2.92. The van der Waals surface area contributed by atoms with Crippen molar-refractivity contribution < 1.29 is 14.6 Å². The Balaban J connectivity index is 2.72. The number of aliphatic hydroxyl groups is 1. The minimum Gasteiger partial charge on any atom is -0.488 e. The Morgan fingerprint density at radius 1 is 1.53 bits per heavy atom. The van der Waals surface area contributed by atoms with E-state index in [1.807, 2.05) is 0 Å². The molecule has 1 aliphatic rings. The van der Waals surface area contributed by atoms with Crippen molar-refractivity contribution in [1.82, 2.24) is 4.90 Å². The summed E-state index contributed by atoms with van der Waals surface area (Å²) in [4.78, 5) is 13.2. The Kier molecular flexibility index (Phi) is 2.54. The summed E-state index contributed by atoms with van der Waals surface area (Å²) in [5, 5.41) is 10.7. The van der Waals surface area contributed by atoms with Gasteiger partial charge in [-0.3, -0.25) is 4.79 Å². The highest BCUT2D eigenvalue weighted by atomic mass is 16.5. The summed E-state index contributed by atoms with van der Waals surface area (Å²) in [6, 6.07) is 6.86. The lowest BCUT2D eigenvalue weighted by atomic mass is 10.00. The maximum atomic E-state index is 12.0. The van der Waals surface area contributed by atoms with Crippen LogP contribution in [0.15, 0.2) is 42.3 Å². The fraction of sp³-hybridized carbons (Fsp3) is 0.231. The average Bonchev–Trinajstić information content (AvgIpc) is 2.55. The third kappa shape index (κ3) is 1.32. The van der Waals surface area contributed by atoms with Crippen LogP contribution in [0.3, 0.4) is 0 Å². The lowest BCUT2D eigenvalue weighted by Crippen LogP contribution is -2.42. The van der Waals surface area contributed by atoms with Gasteiger partial charge in [0.2, 0.25) is 5.72 Å². The number of hydrogen-bond donors (Lipinski definition) is 1. The third-order valence-corrected chi connectivity index (χ3v) is 3.00. The number of ether oxygens (including phenoxy) is 1. The van der Waals surface area contributed by atoms with Crippen molar-refractivity contribution in [2.24, 2.45) is 0 Å². The molecule has 0 spiro atoms. The van der Waals surface area contributed by atoms with E-state index < -0.39 is 5.72 Å². The lowest BCUT2D eigenvalue weighted by Gasteiger charge is -2.31. The van der Waals surface area contributed by atoms with Crippen LogP contribution < -0.4 is 0 Å². The maximum Gasteiger partial charge on any atom is 0.256 e. The van der Waals surface area contributed by atoms with E-state index >= 15 is 0 Å². The number of benzene rings is 1. The molecular formula is C13H13NO3. The van der Waals surface area contributed by atoms with Crippen LogP contribution in [-0.2, 0) is 10.5 Å². The van der Waals surface area contributed by atoms with Crippen LogP contribution in [0.5, 0.6) is 0 Å². The van der Waals surface area contributed by atoms with Gasteiger partial charge in [0, 0.05) is 18.2 Å². The van der Waals surface area contributed by atoms with Crippen LogP contribution in [0.2, 0.25) is 0 Å². The molecule has 1 amide bonds. The van der Waals surface area contributed by atoms with Crippen LogP contribution >= 0.6 is 0 Å². The molecule has 1 N–H and O–H groups in total. The van der Waals surface area contributed by atoms with Crippen molar-refractivity contribution in [2.75, 3.05) is 14.2 Å². The molecule has 4 nitrogen and oxygen atoms in total. The number of nitrogens with zero attached hydrogens (tertiary/aromatic N) is 1. The summed E-state index contributed by atoms with van der Waals surface area (Å²) >= 11 is 0. The van der Waals surface area contributed by atoms with E-state index in [1.165, 1.54) is 19.1 Å². The Morgan fingerprint density at radius 3 is 2.76 bits per heavy atom. The quantitative estimate of drug-likeness (QED) is 0.615. The minimum atomic E-state index is -1.62. The van der Waals surface area contributed by atoms with Crippen LogP contribution in [0.4, 0.5) is 0 Å². The van der Waals surface area contributed by atoms with Gasteiger partial charge in [0.1, 0.15) is 0 Å². The van der Waals surface area contributed by atoms with Crippen molar-refractivity contribution in [2.45, 2.75) is 5.72 Å². The molecule has 1 heterocycles. The first-order valence-corrected chi connectivity index (χ1v) is 5.12. The number of fused-ring (bicyclic) bond motifs is 1. The van der Waals surface area contributed by atoms with E-state index in [9.17, 15) is 9.90 Å². The number of hydrogen-bond acceptors (Lipinski definition) is 3. The monoisotopic (exact) mass is 231 g/mol. The molecule has 0 aromatic heterocycles. The predicted molar refractivity (Wildman–Crippen MR) is 62.1 cm³/mol. The Bertz CT molecular complexity index is 531. The topological polar surface area (TPSA) is 49.8 Å². The summed E-state index contributed by atoms with van der Waals surface area (Å²) < 4.78 is 5.06. The summed E-state index contributed by atoms with van der Waals surface area (Å²) in [5.74, 6) is -0.147. The van der Waals surface area contributed by atoms with Gasteiger partial charge >= 0.3 is 0 Å². The normalized spacial score (nSPS) is 22.1. The van der Waals surface area contributed by atoms with Crippen LogP contribution in [0.1, 0.15) is 15.9 Å². The van der Waals surface area contributed by atoms with Crippen molar-refractivity contribution >= 4 is 5.91 Å². The molecule has 0 saturated carbocycles. The molecule has 1 aliphatic heterocycles. The Hall–Kier alpha value is -2.03. The van der Waals surface area contributed by atoms with Crippen LogP contribution in [0, 0.1) is 0 Å². The van der Waals surface area contributed by atoms with Gasteiger partial charge in [0.05, 0.1) is 7.11 Å². The second-order valence-electron chi connectivity index (χ2n) is 3.79. The molecule has 0 saturated heterocycles. The molecule has 0 aliphatic carbocycles. The van der Waals surface area contributed by atoms with E-state index in [2.05, 4.69) is 12.3 Å². The zero-order valence-corrected chi connectivity index (χ0v) is 9.73. The lowest BCUT2D eigenvalue weighted by molar-refractivity contribution is -0.0742. The number of carbonyl (C=O) groups is 1. The smallest absolute Gasteiger partial charge is 0.256 e. The van der Waals surface area contributed by atoms with Gasteiger partial charge in [-0.15, -0.1) is 0 Å². The molecule has 0 fully saturated rings. The molecule has 1 unspecified atom stereocenters. The van der Waals surface area contributed by atoms with Gasteiger partial charge in [-0.25, -0.2) is 0 Å². The van der Waals surface area contributed by atoms with Crippen molar-refractivity contribution in [3.8, 4) is 0 Å². The van der Waals surface area contributed by atoms with E-state index in [0.717, 1.165) is 0 Å². The molecule has 0 radical (unpaired) electrons. The standard InChI is InChI=1S/C13H13NO3/c1-4-11(17-3)13(16)10-8-6-5-7-9(10)12(15)14(13)2/h5-8,16H,1H2,2-3H3. The van der Waals surface area contributed by atoms with E-state index in [4.69, 9.17) is 4.74 Å². The summed E-state index contributed by atoms with van der Waals surface area (Å²) in [6.45, 7) is 3.47. The number of carbonyl (C=O) groups excluding carboxylic acids is 1. The number of amides is 1. The average molecular weight is 231 g/mol. The van der Waals surface area contributed by atoms with E-state index in [0.29, 0.717) is 11.1 Å². The highest BCUT2D eigenvalue weighted by Crippen LogP contribution is 2.40. The van der Waals surface area contributed by atoms with Gasteiger partial charge < -0.3 is 14.7 Å². The van der Waals surface area contributed by atoms with Crippen LogP contribution in [-0.4, -0.2) is 30.1 Å². The largest absolute Gasteiger partial charge is 0.488 e. The Morgan fingerprint density at radius 2 is 2.18 bits per heavy atom. The van der Waals surface area contributed by atoms with Gasteiger partial charge in [-0.05, 0) is 6.07 Å². The van der Waals surface area contributed by atoms with E-state index in [1.54, 1.807) is 24.3 Å². The Labute approximate surface area is 99.4 Å². The fourth-order valence-electron chi connectivity index (χ4n) is 2.09. The zero-order valence-electron chi connectivity index (χ0n) is 9.73. The van der Waals surface area contributed by atoms with Crippen molar-refractivity contribution in [3.05, 3.63) is 53.5 Å². The first-order valence-electron chi connectivity index (χ1n) is 5.12. The number of likely N-dealkylation sites (N-methyl/N-ethyl adjacent to an activating group) is 1. The first-order chi connectivity index (χ1) is 8.07. The predicted octanol–water partition coefficient (Wildman–Crippen LogP) is 1.23. The van der Waals surface area contributed by atoms with E-state index in [-0.39, 0.29) is 11.7 Å². The van der Waals surface area contributed by atoms with Gasteiger partial charge in [0.25, 0.3) is 5.91 Å². The SMILES string of the molecule is C=C=C(OC)C1(O)c2ccccc2C(=O)N1C. The van der Waals surface area contributed by atoms with Crippen LogP contribution in [0.25, 0.3) is 0 Å². The fourth-order valence-corrected chi connectivity index (χ4v) is 2.09. The molecular weight excluding hydrogens is 218 g/mol. The molecule has 17 heavy (non-hydrogen) atoms. The molecule has 4 heteroatoms. The number of rotatable bonds is 2. The summed E-state index contributed by atoms with van der Waals surface area (Å²) in [5.41, 5.74) is 1.85. The van der Waals surface area contributed by atoms with Crippen molar-refractivity contribution in [1.29, 1.82) is 0 Å². The minimum absolute atomic E-state index is 0.110. The maximum absolute atomic E-state index is 12.0. The summed E-state index contributed by atoms with van der Waals surface area (Å²) in [6.07, 6.45) is 0. The molecule has 1 atom stereocenters. The first kappa shape index (κ1) is 11.5. The van der Waals surface area contributed by atoms with Gasteiger partial charge in [-0.2, -0.15) is 0 Å². The second kappa shape index (κ2) is 3.77. The molecule has 88 valence electrons. The second-order valence-corrected chi connectivity index (χ2v) is 3.79. The van der Waals surface area contributed by atoms with Gasteiger partial charge in [-0.1, -0.05) is 30.5 Å². The van der Waals surface area contributed by atoms with Crippen molar-refractivity contribution in [3.63, 3.8) is 0 Å². The molecule has 2 rings (SSSR count). The highest BCUT2D eigenvalue weighted by Gasteiger charge is 2.50. The molecule has 1 aromatic carbocycles. The molecule has 0 bridgehead atoms. The molecule has 1 aromatic rings. The third-order valence-electron chi connectivity index (χ3n) is 3.00. The highest BCUT2D eigenvalue weighted by molar-refractivity contribution is 6.00. The zero-order chi connectivity index (χ0) is 12.6. The van der Waals surface area contributed by atoms with Gasteiger partial charge in [0.15, 0.2) is 5.76 Å². The number of methoxy groups -OCH3 is 1.